The molecule has 2 atom stereocenters. The van der Waals surface area contributed by atoms with Gasteiger partial charge in [-0.3, -0.25) is 4.79 Å². The van der Waals surface area contributed by atoms with Crippen LogP contribution in [0.3, 0.4) is 0 Å². The van der Waals surface area contributed by atoms with Crippen LogP contribution < -0.4 is 0 Å². The van der Waals surface area contributed by atoms with E-state index in [-0.39, 0.29) is 17.7 Å². The molecule has 1 aromatic rings. The van der Waals surface area contributed by atoms with Gasteiger partial charge in [0, 0.05) is 6.54 Å². The van der Waals surface area contributed by atoms with E-state index in [0.29, 0.717) is 13.2 Å². The number of ether oxygens (including phenoxy) is 1. The molecule has 0 N–H and O–H groups in total. The molecule has 0 aliphatic carbocycles. The lowest BCUT2D eigenvalue weighted by atomic mass is 10.1. The van der Waals surface area contributed by atoms with Crippen molar-refractivity contribution >= 4 is 5.91 Å². The molecule has 0 bridgehead atoms. The van der Waals surface area contributed by atoms with E-state index in [0.717, 1.165) is 6.07 Å². The Morgan fingerprint density at radius 2 is 2.11 bits per heavy atom. The first kappa shape index (κ1) is 13.0. The fourth-order valence-electron chi connectivity index (χ4n) is 2.01. The summed E-state index contributed by atoms with van der Waals surface area (Å²) >= 11 is 0. The average Bonchev–Trinajstić information content (AvgIpc) is 2.35. The molecule has 1 aliphatic rings. The summed E-state index contributed by atoms with van der Waals surface area (Å²) < 4.78 is 32.1. The fraction of sp³-hybridized carbons (Fsp3) is 0.462. The van der Waals surface area contributed by atoms with Crippen LogP contribution in [0.15, 0.2) is 18.2 Å². The van der Waals surface area contributed by atoms with Crippen LogP contribution in [0.4, 0.5) is 8.78 Å². The standard InChI is InChI=1S/C13H15F2NO2/c1-8-7-18-9(2)6-16(8)13(17)10-4-3-5-11(14)12(10)15/h3-5,8-9H,6-7H2,1-2H3. The van der Waals surface area contributed by atoms with Gasteiger partial charge in [-0.1, -0.05) is 6.07 Å². The maximum absolute atomic E-state index is 13.6. The van der Waals surface area contributed by atoms with Crippen LogP contribution in [0.5, 0.6) is 0 Å². The van der Waals surface area contributed by atoms with Crippen molar-refractivity contribution in [2.75, 3.05) is 13.2 Å². The van der Waals surface area contributed by atoms with E-state index in [1.165, 1.54) is 17.0 Å². The predicted molar refractivity (Wildman–Crippen MR) is 62.3 cm³/mol. The second-order valence-corrected chi connectivity index (χ2v) is 4.55. The number of rotatable bonds is 1. The molecule has 0 spiro atoms. The first-order valence-electron chi connectivity index (χ1n) is 5.87. The maximum atomic E-state index is 13.6. The minimum Gasteiger partial charge on any atom is -0.375 e. The van der Waals surface area contributed by atoms with E-state index >= 15 is 0 Å². The normalized spacial score (nSPS) is 24.1. The molecule has 98 valence electrons. The molecule has 2 rings (SSSR count). The van der Waals surface area contributed by atoms with Crippen molar-refractivity contribution in [3.8, 4) is 0 Å². The number of morpholine rings is 1. The molecular weight excluding hydrogens is 240 g/mol. The van der Waals surface area contributed by atoms with Crippen molar-refractivity contribution < 1.29 is 18.3 Å². The Balaban J connectivity index is 2.27. The average molecular weight is 255 g/mol. The van der Waals surface area contributed by atoms with E-state index in [9.17, 15) is 13.6 Å². The van der Waals surface area contributed by atoms with Gasteiger partial charge in [-0.05, 0) is 26.0 Å². The number of carbonyl (C=O) groups is 1. The Hall–Kier alpha value is -1.49. The van der Waals surface area contributed by atoms with Crippen molar-refractivity contribution in [2.24, 2.45) is 0 Å². The van der Waals surface area contributed by atoms with Gasteiger partial charge in [-0.2, -0.15) is 0 Å². The minimum atomic E-state index is -1.09. The Morgan fingerprint density at radius 1 is 1.39 bits per heavy atom. The quantitative estimate of drug-likeness (QED) is 0.770. The highest BCUT2D eigenvalue weighted by atomic mass is 19.2. The molecule has 2 unspecified atom stereocenters. The van der Waals surface area contributed by atoms with Gasteiger partial charge in [0.15, 0.2) is 11.6 Å². The molecule has 5 heteroatoms. The van der Waals surface area contributed by atoms with Crippen LogP contribution in [-0.4, -0.2) is 36.1 Å². The molecule has 1 amide bonds. The van der Waals surface area contributed by atoms with Crippen molar-refractivity contribution in [1.29, 1.82) is 0 Å². The number of nitrogens with zero attached hydrogens (tertiary/aromatic N) is 1. The van der Waals surface area contributed by atoms with E-state index < -0.39 is 17.5 Å². The van der Waals surface area contributed by atoms with Crippen LogP contribution in [-0.2, 0) is 4.74 Å². The van der Waals surface area contributed by atoms with Crippen LogP contribution in [0.2, 0.25) is 0 Å². The lowest BCUT2D eigenvalue weighted by molar-refractivity contribution is -0.0388. The summed E-state index contributed by atoms with van der Waals surface area (Å²) in [7, 11) is 0. The molecule has 1 heterocycles. The van der Waals surface area contributed by atoms with E-state index in [1.807, 2.05) is 13.8 Å². The van der Waals surface area contributed by atoms with Gasteiger partial charge in [0.25, 0.3) is 5.91 Å². The molecule has 0 saturated carbocycles. The van der Waals surface area contributed by atoms with Gasteiger partial charge in [0.05, 0.1) is 24.3 Å². The van der Waals surface area contributed by atoms with Crippen LogP contribution in [0.25, 0.3) is 0 Å². The molecule has 0 aromatic heterocycles. The summed E-state index contributed by atoms with van der Waals surface area (Å²) in [5.74, 6) is -2.58. The predicted octanol–water partition coefficient (Wildman–Crippen LogP) is 2.21. The number of amides is 1. The third-order valence-electron chi connectivity index (χ3n) is 3.05. The fourth-order valence-corrected chi connectivity index (χ4v) is 2.01. The van der Waals surface area contributed by atoms with Crippen molar-refractivity contribution in [2.45, 2.75) is 26.0 Å². The van der Waals surface area contributed by atoms with Crippen LogP contribution in [0, 0.1) is 11.6 Å². The molecule has 1 aromatic carbocycles. The Labute approximate surface area is 104 Å². The zero-order chi connectivity index (χ0) is 13.3. The Morgan fingerprint density at radius 3 is 2.83 bits per heavy atom. The van der Waals surface area contributed by atoms with E-state index in [4.69, 9.17) is 4.74 Å². The maximum Gasteiger partial charge on any atom is 0.257 e. The van der Waals surface area contributed by atoms with Crippen LogP contribution in [0.1, 0.15) is 24.2 Å². The first-order valence-corrected chi connectivity index (χ1v) is 5.87. The first-order chi connectivity index (χ1) is 8.50. The van der Waals surface area contributed by atoms with Gasteiger partial charge in [0.2, 0.25) is 0 Å². The minimum absolute atomic E-state index is 0.0956. The highest BCUT2D eigenvalue weighted by Gasteiger charge is 2.30. The van der Waals surface area contributed by atoms with Crippen LogP contribution >= 0.6 is 0 Å². The zero-order valence-electron chi connectivity index (χ0n) is 10.3. The lowest BCUT2D eigenvalue weighted by Gasteiger charge is -2.36. The number of halogens is 2. The zero-order valence-corrected chi connectivity index (χ0v) is 10.3. The van der Waals surface area contributed by atoms with Gasteiger partial charge in [0.1, 0.15) is 0 Å². The summed E-state index contributed by atoms with van der Waals surface area (Å²) in [6.45, 7) is 4.45. The molecule has 1 fully saturated rings. The van der Waals surface area contributed by atoms with Crippen molar-refractivity contribution in [3.63, 3.8) is 0 Å². The second kappa shape index (κ2) is 5.02. The molecule has 0 radical (unpaired) electrons. The largest absolute Gasteiger partial charge is 0.375 e. The van der Waals surface area contributed by atoms with E-state index in [2.05, 4.69) is 0 Å². The summed E-state index contributed by atoms with van der Waals surface area (Å²) in [5.41, 5.74) is -0.226. The SMILES string of the molecule is CC1CN(C(=O)c2cccc(F)c2F)C(C)CO1. The monoisotopic (exact) mass is 255 g/mol. The third kappa shape index (κ3) is 2.36. The van der Waals surface area contributed by atoms with Gasteiger partial charge in [-0.25, -0.2) is 8.78 Å². The van der Waals surface area contributed by atoms with E-state index in [1.54, 1.807) is 0 Å². The van der Waals surface area contributed by atoms with Gasteiger partial charge < -0.3 is 9.64 Å². The smallest absolute Gasteiger partial charge is 0.257 e. The highest BCUT2D eigenvalue weighted by molar-refractivity contribution is 5.94. The number of hydrogen-bond acceptors (Lipinski definition) is 2. The topological polar surface area (TPSA) is 29.5 Å². The number of carbonyl (C=O) groups excluding carboxylic acids is 1. The van der Waals surface area contributed by atoms with Gasteiger partial charge in [-0.15, -0.1) is 0 Å². The molecule has 1 aliphatic heterocycles. The summed E-state index contributed by atoms with van der Waals surface area (Å²) in [5, 5.41) is 0. The second-order valence-electron chi connectivity index (χ2n) is 4.55. The number of benzene rings is 1. The Bertz CT molecular complexity index is 464. The highest BCUT2D eigenvalue weighted by Crippen LogP contribution is 2.18. The summed E-state index contributed by atoms with van der Waals surface area (Å²) in [4.78, 5) is 13.7. The third-order valence-corrected chi connectivity index (χ3v) is 3.05. The molecule has 3 nitrogen and oxygen atoms in total. The molecule has 18 heavy (non-hydrogen) atoms. The van der Waals surface area contributed by atoms with Gasteiger partial charge >= 0.3 is 0 Å². The summed E-state index contributed by atoms with van der Waals surface area (Å²) in [6, 6.07) is 3.49. The molecule has 1 saturated heterocycles. The lowest BCUT2D eigenvalue weighted by Crippen LogP contribution is -2.50. The van der Waals surface area contributed by atoms with Crippen molar-refractivity contribution in [1.82, 2.24) is 4.90 Å². The number of hydrogen-bond donors (Lipinski definition) is 0. The van der Waals surface area contributed by atoms with Crippen molar-refractivity contribution in [3.05, 3.63) is 35.4 Å². The Kier molecular flexibility index (Phi) is 3.61. The summed E-state index contributed by atoms with van der Waals surface area (Å²) in [6.07, 6.45) is -0.0956. The molecular formula is C13H15F2NO2.